The molecule has 0 spiro atoms. The van der Waals surface area contributed by atoms with Crippen molar-refractivity contribution in [2.45, 2.75) is 6.42 Å². The fourth-order valence-corrected chi connectivity index (χ4v) is 1.31. The van der Waals surface area contributed by atoms with Crippen molar-refractivity contribution in [2.24, 2.45) is 0 Å². The largest absolute Gasteiger partial charge is 0.298 e. The molecule has 0 saturated carbocycles. The molecule has 0 aromatic carbocycles. The Kier molecular flexibility index (Phi) is 1.50. The van der Waals surface area contributed by atoms with Gasteiger partial charge in [0.1, 0.15) is 0 Å². The van der Waals surface area contributed by atoms with Gasteiger partial charge in [0, 0.05) is 12.0 Å². The van der Waals surface area contributed by atoms with Gasteiger partial charge < -0.3 is 0 Å². The van der Waals surface area contributed by atoms with Crippen LogP contribution in [0.2, 0.25) is 0 Å². The second kappa shape index (κ2) is 2.52. The van der Waals surface area contributed by atoms with Gasteiger partial charge in [-0.2, -0.15) is 0 Å². The first kappa shape index (κ1) is 7.16. The molecule has 0 bridgehead atoms. The van der Waals surface area contributed by atoms with Gasteiger partial charge in [-0.05, 0) is 0 Å². The minimum Gasteiger partial charge on any atom is -0.298 e. The monoisotopic (exact) mass is 163 g/mol. The Morgan fingerprint density at radius 3 is 3.17 bits per heavy atom. The Morgan fingerprint density at radius 1 is 1.58 bits per heavy atom. The van der Waals surface area contributed by atoms with Crippen molar-refractivity contribution >= 4 is 12.4 Å². The molecular formula is C9H6FNO. The number of halogens is 1. The van der Waals surface area contributed by atoms with E-state index >= 15 is 0 Å². The molecule has 0 unspecified atom stereocenters. The van der Waals surface area contributed by atoms with E-state index in [2.05, 4.69) is 4.98 Å². The van der Waals surface area contributed by atoms with E-state index in [-0.39, 0.29) is 5.56 Å². The molecule has 1 heterocycles. The first-order valence-electron chi connectivity index (χ1n) is 3.62. The van der Waals surface area contributed by atoms with Gasteiger partial charge >= 0.3 is 0 Å². The predicted molar refractivity (Wildman–Crippen MR) is 42.3 cm³/mol. The van der Waals surface area contributed by atoms with Gasteiger partial charge in [-0.25, -0.2) is 4.39 Å². The summed E-state index contributed by atoms with van der Waals surface area (Å²) < 4.78 is 12.9. The molecule has 1 aliphatic rings. The molecule has 60 valence electrons. The number of carbonyl (C=O) groups is 1. The number of allylic oxidation sites excluding steroid dienone is 1. The maximum absolute atomic E-state index is 12.9. The van der Waals surface area contributed by atoms with E-state index in [0.29, 0.717) is 18.3 Å². The minimum absolute atomic E-state index is 0.119. The van der Waals surface area contributed by atoms with Gasteiger partial charge in [-0.3, -0.25) is 9.78 Å². The van der Waals surface area contributed by atoms with E-state index in [0.717, 1.165) is 11.9 Å². The minimum atomic E-state index is -0.546. The average Bonchev–Trinajstić information content (AvgIpc) is 2.52. The molecule has 0 N–H and O–H groups in total. The van der Waals surface area contributed by atoms with Gasteiger partial charge in [0.2, 0.25) is 0 Å². The third-order valence-electron chi connectivity index (χ3n) is 1.91. The van der Waals surface area contributed by atoms with Gasteiger partial charge in [0.15, 0.2) is 12.1 Å². The summed E-state index contributed by atoms with van der Waals surface area (Å²) in [6.45, 7) is 0. The lowest BCUT2D eigenvalue weighted by Gasteiger charge is -2.00. The zero-order valence-corrected chi connectivity index (χ0v) is 6.25. The lowest BCUT2D eigenvalue weighted by Crippen LogP contribution is -1.97. The van der Waals surface area contributed by atoms with Gasteiger partial charge in [0.25, 0.3) is 0 Å². The molecule has 12 heavy (non-hydrogen) atoms. The van der Waals surface area contributed by atoms with Gasteiger partial charge in [-0.15, -0.1) is 0 Å². The molecule has 1 aliphatic carbocycles. The number of fused-ring (bicyclic) bond motifs is 1. The number of hydrogen-bond donors (Lipinski definition) is 0. The summed E-state index contributed by atoms with van der Waals surface area (Å²) in [6, 6.07) is 0. The van der Waals surface area contributed by atoms with Crippen LogP contribution in [0.1, 0.15) is 21.6 Å². The second-order valence-electron chi connectivity index (χ2n) is 2.60. The van der Waals surface area contributed by atoms with Crippen molar-refractivity contribution in [3.05, 3.63) is 34.9 Å². The molecule has 2 rings (SSSR count). The van der Waals surface area contributed by atoms with Crippen LogP contribution in [0.5, 0.6) is 0 Å². The number of aromatic nitrogens is 1. The van der Waals surface area contributed by atoms with Gasteiger partial charge in [0.05, 0.1) is 17.5 Å². The Labute approximate surface area is 68.7 Å². The zero-order chi connectivity index (χ0) is 8.55. The van der Waals surface area contributed by atoms with Crippen molar-refractivity contribution in [3.8, 4) is 0 Å². The topological polar surface area (TPSA) is 30.0 Å². The summed E-state index contributed by atoms with van der Waals surface area (Å²) in [7, 11) is 0. The maximum Gasteiger partial charge on any atom is 0.153 e. The highest BCUT2D eigenvalue weighted by Gasteiger charge is 2.14. The average molecular weight is 163 g/mol. The molecule has 0 fully saturated rings. The van der Waals surface area contributed by atoms with Crippen LogP contribution in [0, 0.1) is 5.82 Å². The summed E-state index contributed by atoms with van der Waals surface area (Å²) >= 11 is 0. The van der Waals surface area contributed by atoms with E-state index < -0.39 is 5.82 Å². The molecule has 1 aromatic rings. The molecule has 0 radical (unpaired) electrons. The number of carbonyl (C=O) groups excluding carboxylic acids is 1. The Morgan fingerprint density at radius 2 is 2.42 bits per heavy atom. The maximum atomic E-state index is 12.9. The summed E-state index contributed by atoms with van der Waals surface area (Å²) in [4.78, 5) is 14.4. The van der Waals surface area contributed by atoms with Crippen LogP contribution < -0.4 is 0 Å². The van der Waals surface area contributed by atoms with E-state index in [9.17, 15) is 9.18 Å². The quantitative estimate of drug-likeness (QED) is 0.588. The first-order chi connectivity index (χ1) is 5.83. The highest BCUT2D eigenvalue weighted by atomic mass is 19.1. The molecular weight excluding hydrogens is 157 g/mol. The Hall–Kier alpha value is -1.51. The molecule has 0 saturated heterocycles. The number of hydrogen-bond acceptors (Lipinski definition) is 2. The third-order valence-corrected chi connectivity index (χ3v) is 1.91. The normalized spacial score (nSPS) is 13.1. The van der Waals surface area contributed by atoms with E-state index in [4.69, 9.17) is 0 Å². The second-order valence-corrected chi connectivity index (χ2v) is 2.60. The highest BCUT2D eigenvalue weighted by molar-refractivity contribution is 5.83. The summed E-state index contributed by atoms with van der Waals surface area (Å²) in [6.07, 6.45) is 5.91. The Balaban J connectivity index is 2.71. The van der Waals surface area contributed by atoms with Crippen LogP contribution in [0.15, 0.2) is 12.3 Å². The molecule has 0 atom stereocenters. The predicted octanol–water partition coefficient (Wildman–Crippen LogP) is 1.60. The number of rotatable bonds is 1. The molecule has 2 nitrogen and oxygen atoms in total. The van der Waals surface area contributed by atoms with Crippen LogP contribution in [0.4, 0.5) is 4.39 Å². The van der Waals surface area contributed by atoms with Crippen molar-refractivity contribution < 1.29 is 9.18 Å². The molecule has 0 amide bonds. The fourth-order valence-electron chi connectivity index (χ4n) is 1.31. The van der Waals surface area contributed by atoms with E-state index in [1.807, 2.05) is 6.08 Å². The number of aldehydes is 1. The summed E-state index contributed by atoms with van der Waals surface area (Å²) in [5.41, 5.74) is 1.53. The van der Waals surface area contributed by atoms with E-state index in [1.165, 1.54) is 0 Å². The van der Waals surface area contributed by atoms with Crippen LogP contribution in [0.3, 0.4) is 0 Å². The lowest BCUT2D eigenvalue weighted by molar-refractivity contribution is 0.111. The summed E-state index contributed by atoms with van der Waals surface area (Å²) in [5.74, 6) is -0.546. The molecule has 1 aromatic heterocycles. The van der Waals surface area contributed by atoms with Crippen LogP contribution >= 0.6 is 0 Å². The van der Waals surface area contributed by atoms with Crippen molar-refractivity contribution in [1.29, 1.82) is 0 Å². The van der Waals surface area contributed by atoms with Crippen molar-refractivity contribution in [1.82, 2.24) is 4.98 Å². The number of pyridine rings is 1. The summed E-state index contributed by atoms with van der Waals surface area (Å²) in [5, 5.41) is 0. The van der Waals surface area contributed by atoms with Crippen molar-refractivity contribution in [3.63, 3.8) is 0 Å². The molecule has 3 heteroatoms. The fraction of sp³-hybridized carbons (Fsp3) is 0.111. The van der Waals surface area contributed by atoms with Gasteiger partial charge in [-0.1, -0.05) is 12.2 Å². The highest BCUT2D eigenvalue weighted by Crippen LogP contribution is 2.21. The number of nitrogens with zero attached hydrogens (tertiary/aromatic N) is 1. The lowest BCUT2D eigenvalue weighted by atomic mass is 10.1. The standard InChI is InChI=1S/C9H6FNO/c10-8-4-11-9-3-1-2-6(9)7(8)5-12/h1-2,4-5H,3H2. The SMILES string of the molecule is O=Cc1c(F)cnc2c1C=CC2. The van der Waals surface area contributed by atoms with Crippen molar-refractivity contribution in [2.75, 3.05) is 0 Å². The zero-order valence-electron chi connectivity index (χ0n) is 6.25. The van der Waals surface area contributed by atoms with Crippen LogP contribution in [0.25, 0.3) is 6.08 Å². The van der Waals surface area contributed by atoms with E-state index in [1.54, 1.807) is 6.08 Å². The van der Waals surface area contributed by atoms with Crippen LogP contribution in [-0.2, 0) is 6.42 Å². The van der Waals surface area contributed by atoms with Crippen LogP contribution in [-0.4, -0.2) is 11.3 Å². The third kappa shape index (κ3) is 0.863. The Bertz CT molecular complexity index is 371. The molecule has 0 aliphatic heterocycles. The first-order valence-corrected chi connectivity index (χ1v) is 3.62. The smallest absolute Gasteiger partial charge is 0.153 e.